The summed E-state index contributed by atoms with van der Waals surface area (Å²) in [5, 5.41) is 0. The quantitative estimate of drug-likeness (QED) is 0.465. The van der Waals surface area contributed by atoms with E-state index in [-0.39, 0.29) is 23.7 Å². The third-order valence-corrected chi connectivity index (χ3v) is 2.96. The number of ketones is 1. The molecule has 3 N–H and O–H groups in total. The van der Waals surface area contributed by atoms with Crippen molar-refractivity contribution in [1.29, 1.82) is 0 Å². The minimum Gasteiger partial charge on any atom is -0.464 e. The lowest BCUT2D eigenvalue weighted by Crippen LogP contribution is -2.15. The van der Waals surface area contributed by atoms with Crippen LogP contribution in [0.5, 0.6) is 0 Å². The summed E-state index contributed by atoms with van der Waals surface area (Å²) >= 11 is 0. The first kappa shape index (κ1) is 19.2. The van der Waals surface area contributed by atoms with Crippen LogP contribution in [0.25, 0.3) is 0 Å². The Kier molecular flexibility index (Phi) is 8.44. The lowest BCUT2D eigenvalue weighted by molar-refractivity contribution is -0.145. The van der Waals surface area contributed by atoms with Crippen LogP contribution in [-0.4, -0.2) is 37.9 Å². The molecule has 0 aliphatic rings. The second-order valence-corrected chi connectivity index (χ2v) is 5.60. The molecule has 0 saturated heterocycles. The third kappa shape index (κ3) is 9.72. The van der Waals surface area contributed by atoms with Gasteiger partial charge >= 0.3 is 5.97 Å². The third-order valence-electron chi connectivity index (χ3n) is 2.09. The summed E-state index contributed by atoms with van der Waals surface area (Å²) < 4.78 is 34.1. The number of rotatable bonds is 5. The predicted octanol–water partition coefficient (Wildman–Crippen LogP) is 0.709. The van der Waals surface area contributed by atoms with E-state index >= 15 is 0 Å². The van der Waals surface area contributed by atoms with Gasteiger partial charge < -0.3 is 10.5 Å². The van der Waals surface area contributed by atoms with Gasteiger partial charge in [0.05, 0.1) is 4.90 Å². The Hall–Kier alpha value is -1.77. The van der Waals surface area contributed by atoms with Crippen LogP contribution in [0.1, 0.15) is 18.9 Å². The topological polar surface area (TPSA) is 124 Å². The first-order valence-electron chi connectivity index (χ1n) is 6.06. The highest BCUT2D eigenvalue weighted by Gasteiger charge is 2.06. The maximum absolute atomic E-state index is 10.5. The summed E-state index contributed by atoms with van der Waals surface area (Å²) in [7, 11) is -4.02. The van der Waals surface area contributed by atoms with Crippen LogP contribution in [0.2, 0.25) is 0 Å². The van der Waals surface area contributed by atoms with Crippen LogP contribution in [-0.2, 0) is 24.4 Å². The van der Waals surface area contributed by atoms with E-state index in [4.69, 9.17) is 10.3 Å². The number of carbonyl (C=O) groups is 2. The zero-order valence-corrected chi connectivity index (χ0v) is 12.7. The fraction of sp³-hybridized carbons (Fsp3) is 0.385. The maximum atomic E-state index is 10.5. The second kappa shape index (κ2) is 9.22. The Morgan fingerprint density at radius 1 is 1.24 bits per heavy atom. The van der Waals surface area contributed by atoms with Crippen molar-refractivity contribution in [3.63, 3.8) is 0 Å². The Balaban J connectivity index is 0.000000384. The van der Waals surface area contributed by atoms with E-state index in [9.17, 15) is 18.0 Å². The van der Waals surface area contributed by atoms with Gasteiger partial charge in [-0.2, -0.15) is 8.42 Å². The molecule has 1 rings (SSSR count). The monoisotopic (exact) mass is 317 g/mol. The molecule has 0 aliphatic heterocycles. The molecule has 0 saturated carbocycles. The van der Waals surface area contributed by atoms with Gasteiger partial charge in [-0.1, -0.05) is 17.7 Å². The minimum absolute atomic E-state index is 0.0666. The standard InChI is InChI=1S/C7H8O3S.C6H11NO3/c1-6-2-4-7(5-3-6)11(8,9)10;1-5(8)4-6(9)10-3-2-7/h2-5H,1H3,(H,8,9,10);2-4,7H2,1H3. The van der Waals surface area contributed by atoms with Gasteiger partial charge in [0.15, 0.2) is 0 Å². The summed E-state index contributed by atoms with van der Waals surface area (Å²) in [6, 6.07) is 5.99. The van der Waals surface area contributed by atoms with Gasteiger partial charge in [0.2, 0.25) is 0 Å². The van der Waals surface area contributed by atoms with Crippen molar-refractivity contribution in [2.75, 3.05) is 13.2 Å². The van der Waals surface area contributed by atoms with Crippen molar-refractivity contribution >= 4 is 21.9 Å². The maximum Gasteiger partial charge on any atom is 0.313 e. The molecule has 0 unspecified atom stereocenters. The predicted molar refractivity (Wildman–Crippen MR) is 76.3 cm³/mol. The molecule has 0 aromatic heterocycles. The highest BCUT2D eigenvalue weighted by molar-refractivity contribution is 7.85. The van der Waals surface area contributed by atoms with E-state index < -0.39 is 16.1 Å². The fourth-order valence-corrected chi connectivity index (χ4v) is 1.62. The Bertz CT molecular complexity index is 565. The van der Waals surface area contributed by atoms with Gasteiger partial charge in [-0.25, -0.2) is 0 Å². The highest BCUT2D eigenvalue weighted by Crippen LogP contribution is 2.08. The summed E-state index contributed by atoms with van der Waals surface area (Å²) in [4.78, 5) is 20.7. The van der Waals surface area contributed by atoms with Crippen molar-refractivity contribution in [3.05, 3.63) is 29.8 Å². The molecule has 0 fully saturated rings. The lowest BCUT2D eigenvalue weighted by Gasteiger charge is -1.98. The number of carbonyl (C=O) groups excluding carboxylic acids is 2. The Labute approximate surface area is 123 Å². The van der Waals surface area contributed by atoms with Crippen LogP contribution in [0, 0.1) is 6.92 Å². The Morgan fingerprint density at radius 2 is 1.76 bits per heavy atom. The molecule has 118 valence electrons. The van der Waals surface area contributed by atoms with Crippen LogP contribution in [0.4, 0.5) is 0 Å². The molecule has 0 heterocycles. The zero-order valence-electron chi connectivity index (χ0n) is 11.9. The summed E-state index contributed by atoms with van der Waals surface area (Å²) in [6.45, 7) is 3.66. The molecule has 0 radical (unpaired) electrons. The number of aryl methyl sites for hydroxylation is 1. The van der Waals surface area contributed by atoms with E-state index in [1.54, 1.807) is 12.1 Å². The van der Waals surface area contributed by atoms with Crippen LogP contribution < -0.4 is 5.73 Å². The van der Waals surface area contributed by atoms with E-state index in [1.165, 1.54) is 19.1 Å². The molecule has 0 bridgehead atoms. The van der Waals surface area contributed by atoms with Crippen molar-refractivity contribution in [1.82, 2.24) is 0 Å². The van der Waals surface area contributed by atoms with Gasteiger partial charge in [-0.05, 0) is 26.0 Å². The van der Waals surface area contributed by atoms with Crippen LogP contribution in [0.3, 0.4) is 0 Å². The molecule has 1 aromatic rings. The summed E-state index contributed by atoms with van der Waals surface area (Å²) in [5.74, 6) is -0.694. The van der Waals surface area contributed by atoms with Gasteiger partial charge in [-0.3, -0.25) is 14.1 Å². The first-order chi connectivity index (χ1) is 9.66. The molecule has 0 atom stereocenters. The average molecular weight is 317 g/mol. The van der Waals surface area contributed by atoms with E-state index in [0.717, 1.165) is 5.56 Å². The lowest BCUT2D eigenvalue weighted by atomic mass is 10.2. The van der Waals surface area contributed by atoms with Crippen molar-refractivity contribution in [2.45, 2.75) is 25.2 Å². The number of benzene rings is 1. The van der Waals surface area contributed by atoms with Crippen LogP contribution in [0.15, 0.2) is 29.2 Å². The molecular formula is C13H19NO6S. The number of hydrogen-bond donors (Lipinski definition) is 2. The molecule has 0 amide bonds. The molecule has 0 aliphatic carbocycles. The highest BCUT2D eigenvalue weighted by atomic mass is 32.2. The van der Waals surface area contributed by atoms with Gasteiger partial charge in [0.1, 0.15) is 18.8 Å². The normalized spacial score (nSPS) is 10.3. The molecule has 8 heteroatoms. The number of nitrogens with two attached hydrogens (primary N) is 1. The minimum atomic E-state index is -4.02. The summed E-state index contributed by atoms with van der Waals surface area (Å²) in [6.07, 6.45) is -0.153. The number of esters is 1. The van der Waals surface area contributed by atoms with E-state index in [0.29, 0.717) is 6.54 Å². The van der Waals surface area contributed by atoms with E-state index in [2.05, 4.69) is 4.74 Å². The number of Topliss-reactive ketones (excluding diaryl/α,β-unsaturated/α-hetero) is 1. The molecule has 1 aromatic carbocycles. The van der Waals surface area contributed by atoms with Gasteiger partial charge in [0, 0.05) is 6.54 Å². The van der Waals surface area contributed by atoms with E-state index in [1.807, 2.05) is 6.92 Å². The molecule has 0 spiro atoms. The fourth-order valence-electron chi connectivity index (χ4n) is 1.14. The zero-order chi connectivity index (χ0) is 16.5. The van der Waals surface area contributed by atoms with Crippen molar-refractivity contribution in [3.8, 4) is 0 Å². The molecule has 21 heavy (non-hydrogen) atoms. The van der Waals surface area contributed by atoms with Gasteiger partial charge in [-0.15, -0.1) is 0 Å². The van der Waals surface area contributed by atoms with Crippen molar-refractivity contribution in [2.24, 2.45) is 5.73 Å². The average Bonchev–Trinajstić information content (AvgIpc) is 2.35. The summed E-state index contributed by atoms with van der Waals surface area (Å²) in [5.41, 5.74) is 6.00. The smallest absolute Gasteiger partial charge is 0.313 e. The van der Waals surface area contributed by atoms with Crippen LogP contribution >= 0.6 is 0 Å². The van der Waals surface area contributed by atoms with Gasteiger partial charge in [0.25, 0.3) is 10.1 Å². The van der Waals surface area contributed by atoms with Crippen molar-refractivity contribution < 1.29 is 27.3 Å². The second-order valence-electron chi connectivity index (χ2n) is 4.18. The SMILES string of the molecule is CC(=O)CC(=O)OCCN.Cc1ccc(S(=O)(=O)O)cc1. The molecular weight excluding hydrogens is 298 g/mol. The Morgan fingerprint density at radius 3 is 2.14 bits per heavy atom. The first-order valence-corrected chi connectivity index (χ1v) is 7.50. The number of ether oxygens (including phenoxy) is 1. The molecule has 7 nitrogen and oxygen atoms in total. The largest absolute Gasteiger partial charge is 0.464 e. The number of hydrogen-bond acceptors (Lipinski definition) is 6.